The third-order valence-electron chi connectivity index (χ3n) is 2.75. The molecule has 0 spiro atoms. The molecular formula is C15H11NO4. The standard InChI is InChI=1S/C15H11NO4/c17-15(18)14-4-2-1-3-12(14)8-5-11-6-9-13(10-7-11)16(19)20/h1-10H,(H,17,18). The van der Waals surface area contributed by atoms with Gasteiger partial charge in [-0.25, -0.2) is 4.79 Å². The van der Waals surface area contributed by atoms with E-state index in [1.165, 1.54) is 18.2 Å². The SMILES string of the molecule is O=C(O)c1ccccc1C=Cc1ccc([N+](=O)[O-])cc1. The van der Waals surface area contributed by atoms with Crippen LogP contribution in [0.3, 0.4) is 0 Å². The number of hydrogen-bond donors (Lipinski definition) is 1. The first kappa shape index (κ1) is 13.5. The summed E-state index contributed by atoms with van der Waals surface area (Å²) in [5.41, 5.74) is 1.58. The van der Waals surface area contributed by atoms with E-state index in [2.05, 4.69) is 0 Å². The van der Waals surface area contributed by atoms with Crippen LogP contribution in [0.15, 0.2) is 48.5 Å². The van der Waals surface area contributed by atoms with Crippen molar-refractivity contribution >= 4 is 23.8 Å². The number of carboxylic acid groups (broad SMARTS) is 1. The van der Waals surface area contributed by atoms with E-state index in [1.807, 2.05) is 0 Å². The lowest BCUT2D eigenvalue weighted by atomic mass is 10.1. The van der Waals surface area contributed by atoms with Crippen molar-refractivity contribution in [3.8, 4) is 0 Å². The minimum atomic E-state index is -0.992. The van der Waals surface area contributed by atoms with Crippen LogP contribution in [0.5, 0.6) is 0 Å². The van der Waals surface area contributed by atoms with Gasteiger partial charge in [0.25, 0.3) is 5.69 Å². The minimum Gasteiger partial charge on any atom is -0.478 e. The number of aromatic carboxylic acids is 1. The highest BCUT2D eigenvalue weighted by molar-refractivity contribution is 5.93. The molecule has 0 fully saturated rings. The summed E-state index contributed by atoms with van der Waals surface area (Å²) in [5, 5.41) is 19.6. The van der Waals surface area contributed by atoms with Crippen molar-refractivity contribution in [2.45, 2.75) is 0 Å². The van der Waals surface area contributed by atoms with Crippen molar-refractivity contribution < 1.29 is 14.8 Å². The first-order valence-electron chi connectivity index (χ1n) is 5.83. The summed E-state index contributed by atoms with van der Waals surface area (Å²) in [6, 6.07) is 12.7. The fourth-order valence-corrected chi connectivity index (χ4v) is 1.73. The summed E-state index contributed by atoms with van der Waals surface area (Å²) < 4.78 is 0. The molecule has 5 heteroatoms. The van der Waals surface area contributed by atoms with E-state index < -0.39 is 10.9 Å². The van der Waals surface area contributed by atoms with Crippen LogP contribution in [0.4, 0.5) is 5.69 Å². The molecule has 0 aliphatic carbocycles. The molecule has 0 aromatic heterocycles. The molecule has 0 bridgehead atoms. The summed E-state index contributed by atoms with van der Waals surface area (Å²) in [7, 11) is 0. The summed E-state index contributed by atoms with van der Waals surface area (Å²) in [4.78, 5) is 21.1. The second-order valence-electron chi connectivity index (χ2n) is 4.07. The maximum absolute atomic E-state index is 11.0. The van der Waals surface area contributed by atoms with Crippen LogP contribution in [0.1, 0.15) is 21.5 Å². The van der Waals surface area contributed by atoms with Gasteiger partial charge in [-0.2, -0.15) is 0 Å². The number of hydrogen-bond acceptors (Lipinski definition) is 3. The highest BCUT2D eigenvalue weighted by atomic mass is 16.6. The number of carboxylic acids is 1. The summed E-state index contributed by atoms with van der Waals surface area (Å²) in [6.07, 6.45) is 3.39. The molecule has 0 unspecified atom stereocenters. The van der Waals surface area contributed by atoms with Crippen molar-refractivity contribution in [2.75, 3.05) is 0 Å². The second kappa shape index (κ2) is 5.79. The summed E-state index contributed by atoms with van der Waals surface area (Å²) >= 11 is 0. The molecule has 5 nitrogen and oxygen atoms in total. The molecule has 0 aliphatic heterocycles. The van der Waals surface area contributed by atoms with E-state index in [0.29, 0.717) is 5.56 Å². The van der Waals surface area contributed by atoms with Crippen molar-refractivity contribution in [1.82, 2.24) is 0 Å². The number of carbonyl (C=O) groups is 1. The molecule has 0 heterocycles. The third kappa shape index (κ3) is 3.08. The Hall–Kier alpha value is -2.95. The second-order valence-corrected chi connectivity index (χ2v) is 4.07. The highest BCUT2D eigenvalue weighted by Crippen LogP contribution is 2.16. The fraction of sp³-hybridized carbons (Fsp3) is 0. The molecule has 2 aromatic rings. The van der Waals surface area contributed by atoms with Crippen LogP contribution >= 0.6 is 0 Å². The van der Waals surface area contributed by atoms with Crippen LogP contribution < -0.4 is 0 Å². The number of rotatable bonds is 4. The van der Waals surface area contributed by atoms with E-state index in [4.69, 9.17) is 5.11 Å². The Labute approximate surface area is 115 Å². The van der Waals surface area contributed by atoms with Gasteiger partial charge in [0.15, 0.2) is 0 Å². The summed E-state index contributed by atoms with van der Waals surface area (Å²) in [5.74, 6) is -0.992. The summed E-state index contributed by atoms with van der Waals surface area (Å²) in [6.45, 7) is 0. The van der Waals surface area contributed by atoms with E-state index >= 15 is 0 Å². The van der Waals surface area contributed by atoms with E-state index in [0.717, 1.165) is 5.56 Å². The molecule has 2 rings (SSSR count). The van der Waals surface area contributed by atoms with Crippen molar-refractivity contribution in [3.05, 3.63) is 75.3 Å². The Morgan fingerprint density at radius 2 is 1.70 bits per heavy atom. The molecule has 20 heavy (non-hydrogen) atoms. The lowest BCUT2D eigenvalue weighted by molar-refractivity contribution is -0.384. The van der Waals surface area contributed by atoms with Crippen LogP contribution in [0.2, 0.25) is 0 Å². The van der Waals surface area contributed by atoms with Gasteiger partial charge >= 0.3 is 5.97 Å². The number of nitro benzene ring substituents is 1. The topological polar surface area (TPSA) is 80.4 Å². The number of nitro groups is 1. The first-order chi connectivity index (χ1) is 9.58. The molecule has 0 radical (unpaired) electrons. The van der Waals surface area contributed by atoms with Gasteiger partial charge in [-0.15, -0.1) is 0 Å². The monoisotopic (exact) mass is 269 g/mol. The smallest absolute Gasteiger partial charge is 0.336 e. The van der Waals surface area contributed by atoms with Crippen LogP contribution in [0.25, 0.3) is 12.2 Å². The van der Waals surface area contributed by atoms with Gasteiger partial charge in [-0.3, -0.25) is 10.1 Å². The zero-order chi connectivity index (χ0) is 14.5. The maximum Gasteiger partial charge on any atom is 0.336 e. The minimum absolute atomic E-state index is 0.0214. The fourth-order valence-electron chi connectivity index (χ4n) is 1.73. The zero-order valence-corrected chi connectivity index (χ0v) is 10.4. The average molecular weight is 269 g/mol. The lowest BCUT2D eigenvalue weighted by Crippen LogP contribution is -1.98. The van der Waals surface area contributed by atoms with E-state index in [1.54, 1.807) is 42.5 Å². The highest BCUT2D eigenvalue weighted by Gasteiger charge is 2.06. The lowest BCUT2D eigenvalue weighted by Gasteiger charge is -2.00. The Kier molecular flexibility index (Phi) is 3.91. The van der Waals surface area contributed by atoms with Gasteiger partial charge < -0.3 is 5.11 Å². The van der Waals surface area contributed by atoms with Gasteiger partial charge in [0, 0.05) is 12.1 Å². The van der Waals surface area contributed by atoms with Crippen molar-refractivity contribution in [1.29, 1.82) is 0 Å². The van der Waals surface area contributed by atoms with Crippen molar-refractivity contribution in [3.63, 3.8) is 0 Å². The van der Waals surface area contributed by atoms with E-state index in [9.17, 15) is 14.9 Å². The van der Waals surface area contributed by atoms with Crippen LogP contribution in [-0.2, 0) is 0 Å². The number of benzene rings is 2. The Morgan fingerprint density at radius 3 is 2.30 bits per heavy atom. The van der Waals surface area contributed by atoms with Crippen LogP contribution in [0, 0.1) is 10.1 Å². The zero-order valence-electron chi connectivity index (χ0n) is 10.4. The average Bonchev–Trinajstić information content (AvgIpc) is 2.45. The predicted octanol–water partition coefficient (Wildman–Crippen LogP) is 3.46. The quantitative estimate of drug-likeness (QED) is 0.523. The van der Waals surface area contributed by atoms with Gasteiger partial charge in [-0.1, -0.05) is 30.4 Å². The van der Waals surface area contributed by atoms with Gasteiger partial charge in [0.2, 0.25) is 0 Å². The molecule has 0 amide bonds. The molecular weight excluding hydrogens is 258 g/mol. The number of non-ortho nitro benzene ring substituents is 1. The van der Waals surface area contributed by atoms with Gasteiger partial charge in [0.05, 0.1) is 10.5 Å². The molecule has 0 atom stereocenters. The van der Waals surface area contributed by atoms with Gasteiger partial charge in [-0.05, 0) is 29.3 Å². The van der Waals surface area contributed by atoms with Crippen LogP contribution in [-0.4, -0.2) is 16.0 Å². The maximum atomic E-state index is 11.0. The Bertz CT molecular complexity index is 675. The third-order valence-corrected chi connectivity index (χ3v) is 2.75. The number of nitrogens with zero attached hydrogens (tertiary/aromatic N) is 1. The first-order valence-corrected chi connectivity index (χ1v) is 5.83. The molecule has 1 N–H and O–H groups in total. The van der Waals surface area contributed by atoms with E-state index in [-0.39, 0.29) is 11.3 Å². The van der Waals surface area contributed by atoms with Crippen molar-refractivity contribution in [2.24, 2.45) is 0 Å². The Balaban J connectivity index is 2.25. The molecule has 2 aromatic carbocycles. The molecule has 0 aliphatic rings. The Morgan fingerprint density at radius 1 is 1.05 bits per heavy atom. The largest absolute Gasteiger partial charge is 0.478 e. The molecule has 0 saturated carbocycles. The normalized spacial score (nSPS) is 10.6. The van der Waals surface area contributed by atoms with Gasteiger partial charge in [0.1, 0.15) is 0 Å². The molecule has 0 saturated heterocycles. The predicted molar refractivity (Wildman–Crippen MR) is 75.4 cm³/mol. The molecule has 100 valence electrons.